The first-order valence-corrected chi connectivity index (χ1v) is 9.17. The van der Waals surface area contributed by atoms with Crippen molar-refractivity contribution in [1.29, 1.82) is 0 Å². The van der Waals surface area contributed by atoms with Crippen LogP contribution in [0.5, 0.6) is 0 Å². The van der Waals surface area contributed by atoms with Gasteiger partial charge < -0.3 is 0 Å². The van der Waals surface area contributed by atoms with Crippen molar-refractivity contribution >= 4 is 43.4 Å². The molecular formula is C17H13N3OS2. The van der Waals surface area contributed by atoms with Crippen molar-refractivity contribution in [3.8, 4) is 0 Å². The molecule has 0 N–H and O–H groups in total. The van der Waals surface area contributed by atoms with Gasteiger partial charge in [-0.1, -0.05) is 36.0 Å². The predicted octanol–water partition coefficient (Wildman–Crippen LogP) is 3.78. The summed E-state index contributed by atoms with van der Waals surface area (Å²) in [7, 11) is 0. The van der Waals surface area contributed by atoms with Crippen molar-refractivity contribution in [2.75, 3.05) is 6.26 Å². The molecule has 0 saturated heterocycles. The Hall–Kier alpha value is -2.18. The number of thioether (sulfide) groups is 1. The minimum atomic E-state index is 0.0180. The lowest BCUT2D eigenvalue weighted by Gasteiger charge is -2.10. The summed E-state index contributed by atoms with van der Waals surface area (Å²) in [5, 5.41) is 1.78. The molecule has 0 spiro atoms. The molecule has 0 aliphatic carbocycles. The lowest BCUT2D eigenvalue weighted by Crippen LogP contribution is -2.23. The second-order valence-corrected chi connectivity index (χ2v) is 6.95. The van der Waals surface area contributed by atoms with Crippen LogP contribution in [-0.2, 0) is 6.54 Å². The smallest absolute Gasteiger partial charge is 0.272 e. The van der Waals surface area contributed by atoms with Crippen molar-refractivity contribution in [2.24, 2.45) is 0 Å². The summed E-state index contributed by atoms with van der Waals surface area (Å²) in [6, 6.07) is 11.9. The van der Waals surface area contributed by atoms with E-state index in [2.05, 4.69) is 4.98 Å². The van der Waals surface area contributed by atoms with E-state index in [0.29, 0.717) is 11.2 Å². The van der Waals surface area contributed by atoms with E-state index in [1.807, 2.05) is 42.7 Å². The summed E-state index contributed by atoms with van der Waals surface area (Å²) in [4.78, 5) is 21.9. The van der Waals surface area contributed by atoms with Crippen LogP contribution in [0.15, 0.2) is 58.7 Å². The molecule has 0 aliphatic heterocycles. The molecule has 0 aliphatic rings. The van der Waals surface area contributed by atoms with E-state index in [9.17, 15) is 4.79 Å². The van der Waals surface area contributed by atoms with Gasteiger partial charge in [-0.2, -0.15) is 0 Å². The third kappa shape index (κ3) is 2.44. The van der Waals surface area contributed by atoms with Crippen LogP contribution in [0.2, 0.25) is 0 Å². The van der Waals surface area contributed by atoms with Gasteiger partial charge in [-0.15, -0.1) is 11.3 Å². The fourth-order valence-electron chi connectivity index (χ4n) is 2.62. The topological polar surface area (TPSA) is 47.8 Å². The fraction of sp³-hybridized carbons (Fsp3) is 0.118. The highest BCUT2D eigenvalue weighted by Gasteiger charge is 2.15. The Kier molecular flexibility index (Phi) is 3.63. The average Bonchev–Trinajstić information content (AvgIpc) is 2.97. The Morgan fingerprint density at radius 1 is 1.22 bits per heavy atom. The van der Waals surface area contributed by atoms with Crippen molar-refractivity contribution in [2.45, 2.75) is 11.7 Å². The number of hydrogen-bond acceptors (Lipinski definition) is 5. The van der Waals surface area contributed by atoms with Gasteiger partial charge in [-0.05, 0) is 24.0 Å². The SMILES string of the molecule is CSc1nc2c(sc3ccccc32)c(=O)n1Cc1cccnc1. The third-order valence-corrected chi connectivity index (χ3v) is 5.52. The minimum Gasteiger partial charge on any atom is -0.282 e. The standard InChI is InChI=1S/C17H13N3OS2/c1-22-17-19-14-12-6-2-3-7-13(12)23-15(14)16(21)20(17)10-11-5-4-8-18-9-11/h2-9H,10H2,1H3. The molecule has 0 unspecified atom stereocenters. The number of rotatable bonds is 3. The van der Waals surface area contributed by atoms with E-state index in [4.69, 9.17) is 4.98 Å². The summed E-state index contributed by atoms with van der Waals surface area (Å²) in [6.45, 7) is 0.486. The van der Waals surface area contributed by atoms with Gasteiger partial charge in [0.2, 0.25) is 0 Å². The summed E-state index contributed by atoms with van der Waals surface area (Å²) in [6.07, 6.45) is 5.46. The Balaban J connectivity index is 1.98. The zero-order valence-corrected chi connectivity index (χ0v) is 14.0. The van der Waals surface area contributed by atoms with Gasteiger partial charge in [0.1, 0.15) is 4.70 Å². The normalized spacial score (nSPS) is 11.3. The number of benzene rings is 1. The molecule has 23 heavy (non-hydrogen) atoms. The molecule has 4 nitrogen and oxygen atoms in total. The first-order chi connectivity index (χ1) is 11.3. The zero-order chi connectivity index (χ0) is 15.8. The fourth-order valence-corrected chi connectivity index (χ4v) is 4.26. The average molecular weight is 339 g/mol. The first kappa shape index (κ1) is 14.4. The molecule has 0 bridgehead atoms. The maximum atomic E-state index is 13.0. The van der Waals surface area contributed by atoms with E-state index in [1.165, 1.54) is 23.1 Å². The maximum absolute atomic E-state index is 13.0. The van der Waals surface area contributed by atoms with Gasteiger partial charge in [0.25, 0.3) is 5.56 Å². The highest BCUT2D eigenvalue weighted by atomic mass is 32.2. The minimum absolute atomic E-state index is 0.0180. The molecule has 3 aromatic heterocycles. The van der Waals surface area contributed by atoms with Gasteiger partial charge in [0, 0.05) is 22.5 Å². The van der Waals surface area contributed by atoms with Crippen molar-refractivity contribution in [3.05, 3.63) is 64.7 Å². The largest absolute Gasteiger partial charge is 0.282 e. The Morgan fingerprint density at radius 2 is 2.09 bits per heavy atom. The van der Waals surface area contributed by atoms with Gasteiger partial charge in [0.15, 0.2) is 5.16 Å². The second-order valence-electron chi connectivity index (χ2n) is 5.13. The Bertz CT molecular complexity index is 1050. The highest BCUT2D eigenvalue weighted by molar-refractivity contribution is 7.98. The molecule has 4 aromatic rings. The van der Waals surface area contributed by atoms with Crippen LogP contribution in [0.3, 0.4) is 0 Å². The van der Waals surface area contributed by atoms with E-state index in [-0.39, 0.29) is 5.56 Å². The van der Waals surface area contributed by atoms with E-state index >= 15 is 0 Å². The lowest BCUT2D eigenvalue weighted by molar-refractivity contribution is 0.659. The third-order valence-electron chi connectivity index (χ3n) is 3.69. The van der Waals surface area contributed by atoms with Crippen LogP contribution in [0.25, 0.3) is 20.3 Å². The molecule has 0 saturated carbocycles. The molecule has 0 atom stereocenters. The molecule has 1 aromatic carbocycles. The van der Waals surface area contributed by atoms with E-state index in [0.717, 1.165) is 26.3 Å². The van der Waals surface area contributed by atoms with Gasteiger partial charge in [-0.3, -0.25) is 14.3 Å². The van der Waals surface area contributed by atoms with Gasteiger partial charge >= 0.3 is 0 Å². The monoisotopic (exact) mass is 339 g/mol. The summed E-state index contributed by atoms with van der Waals surface area (Å²) < 4.78 is 3.55. The van der Waals surface area contributed by atoms with Gasteiger partial charge in [0.05, 0.1) is 12.1 Å². The zero-order valence-electron chi connectivity index (χ0n) is 12.4. The molecule has 0 amide bonds. The number of pyridine rings is 1. The number of thiophene rings is 1. The summed E-state index contributed by atoms with van der Waals surface area (Å²) >= 11 is 3.00. The van der Waals surface area contributed by atoms with E-state index < -0.39 is 0 Å². The van der Waals surface area contributed by atoms with Crippen LogP contribution in [0.1, 0.15) is 5.56 Å². The quantitative estimate of drug-likeness (QED) is 0.421. The van der Waals surface area contributed by atoms with Crippen LogP contribution in [0, 0.1) is 0 Å². The van der Waals surface area contributed by atoms with Crippen LogP contribution >= 0.6 is 23.1 Å². The number of nitrogens with zero attached hydrogens (tertiary/aromatic N) is 3. The van der Waals surface area contributed by atoms with Crippen molar-refractivity contribution in [3.63, 3.8) is 0 Å². The van der Waals surface area contributed by atoms with Crippen LogP contribution in [0.4, 0.5) is 0 Å². The van der Waals surface area contributed by atoms with Crippen molar-refractivity contribution < 1.29 is 0 Å². The molecule has 0 fully saturated rings. The molecular weight excluding hydrogens is 326 g/mol. The van der Waals surface area contributed by atoms with Gasteiger partial charge in [-0.25, -0.2) is 4.98 Å². The molecule has 114 valence electrons. The Labute approximate surface area is 140 Å². The highest BCUT2D eigenvalue weighted by Crippen LogP contribution is 2.31. The lowest BCUT2D eigenvalue weighted by atomic mass is 10.2. The Morgan fingerprint density at radius 3 is 2.87 bits per heavy atom. The van der Waals surface area contributed by atoms with E-state index in [1.54, 1.807) is 17.0 Å². The second kappa shape index (κ2) is 5.79. The molecule has 0 radical (unpaired) electrons. The number of aromatic nitrogens is 3. The van der Waals surface area contributed by atoms with Crippen molar-refractivity contribution in [1.82, 2.24) is 14.5 Å². The maximum Gasteiger partial charge on any atom is 0.272 e. The summed E-state index contributed by atoms with van der Waals surface area (Å²) in [5.74, 6) is 0. The molecule has 4 rings (SSSR count). The van der Waals surface area contributed by atoms with Crippen LogP contribution in [-0.4, -0.2) is 20.8 Å². The molecule has 3 heterocycles. The number of hydrogen-bond donors (Lipinski definition) is 0. The summed E-state index contributed by atoms with van der Waals surface area (Å²) in [5.41, 5.74) is 1.82. The molecule has 6 heteroatoms. The first-order valence-electron chi connectivity index (χ1n) is 7.13. The number of fused-ring (bicyclic) bond motifs is 3. The van der Waals surface area contributed by atoms with Crippen LogP contribution < -0.4 is 5.56 Å². The predicted molar refractivity (Wildman–Crippen MR) is 96.5 cm³/mol.